The van der Waals surface area contributed by atoms with Gasteiger partial charge >= 0.3 is 0 Å². The molecule has 0 amide bonds. The summed E-state index contributed by atoms with van der Waals surface area (Å²) in [4.78, 5) is 12.4. The summed E-state index contributed by atoms with van der Waals surface area (Å²) < 4.78 is 5.89. The molecule has 0 unspecified atom stereocenters. The highest BCUT2D eigenvalue weighted by atomic mass is 16.5. The average molecular weight is 230 g/mol. The first-order valence-electron chi connectivity index (χ1n) is 6.29. The number of rotatable bonds is 1. The Labute approximate surface area is 102 Å². The lowest BCUT2D eigenvalue weighted by atomic mass is 9.90. The Balaban J connectivity index is 2.27. The van der Waals surface area contributed by atoms with E-state index in [1.54, 1.807) is 0 Å². The Hall–Kier alpha value is -1.31. The number of carbonyl (C=O) groups excluding carboxylic acids is 1. The molecule has 1 saturated carbocycles. The minimum absolute atomic E-state index is 0.150. The SMILES string of the molecule is Cc1cc(C2CC2)c2c(c1C)OC(C)(C)C2=O. The first-order valence-corrected chi connectivity index (χ1v) is 6.29. The van der Waals surface area contributed by atoms with Crippen molar-refractivity contribution < 1.29 is 9.53 Å². The van der Waals surface area contributed by atoms with Gasteiger partial charge in [0.05, 0.1) is 5.56 Å². The number of aryl methyl sites for hydroxylation is 1. The lowest BCUT2D eigenvalue weighted by Crippen LogP contribution is -2.32. The fourth-order valence-corrected chi connectivity index (χ4v) is 2.59. The maximum absolute atomic E-state index is 12.4. The van der Waals surface area contributed by atoms with E-state index in [0.717, 1.165) is 16.9 Å². The fourth-order valence-electron chi connectivity index (χ4n) is 2.59. The Morgan fingerprint density at radius 3 is 2.53 bits per heavy atom. The van der Waals surface area contributed by atoms with Crippen molar-refractivity contribution >= 4 is 5.78 Å². The van der Waals surface area contributed by atoms with E-state index >= 15 is 0 Å². The molecule has 0 bridgehead atoms. The molecule has 2 heteroatoms. The van der Waals surface area contributed by atoms with Crippen molar-refractivity contribution in [2.75, 3.05) is 0 Å². The van der Waals surface area contributed by atoms with Gasteiger partial charge in [-0.3, -0.25) is 4.79 Å². The van der Waals surface area contributed by atoms with Gasteiger partial charge in [-0.15, -0.1) is 0 Å². The third-order valence-electron chi connectivity index (χ3n) is 3.97. The van der Waals surface area contributed by atoms with E-state index in [2.05, 4.69) is 13.0 Å². The van der Waals surface area contributed by atoms with Crippen LogP contribution < -0.4 is 4.74 Å². The van der Waals surface area contributed by atoms with Crippen LogP contribution in [0, 0.1) is 13.8 Å². The predicted molar refractivity (Wildman–Crippen MR) is 66.9 cm³/mol. The van der Waals surface area contributed by atoms with Crippen LogP contribution in [0.1, 0.15) is 59.7 Å². The summed E-state index contributed by atoms with van der Waals surface area (Å²) in [5.41, 5.74) is 3.74. The van der Waals surface area contributed by atoms with Gasteiger partial charge in [0.2, 0.25) is 5.78 Å². The summed E-state index contributed by atoms with van der Waals surface area (Å²) in [6.45, 7) is 7.86. The van der Waals surface area contributed by atoms with Gasteiger partial charge in [-0.25, -0.2) is 0 Å². The minimum atomic E-state index is -0.690. The van der Waals surface area contributed by atoms with Crippen LogP contribution in [0.3, 0.4) is 0 Å². The van der Waals surface area contributed by atoms with Gasteiger partial charge in [0.15, 0.2) is 5.60 Å². The molecule has 1 aromatic rings. The van der Waals surface area contributed by atoms with Crippen LogP contribution in [0.25, 0.3) is 0 Å². The first-order chi connectivity index (χ1) is 7.92. The van der Waals surface area contributed by atoms with Crippen molar-refractivity contribution in [3.63, 3.8) is 0 Å². The number of ketones is 1. The van der Waals surface area contributed by atoms with Crippen LogP contribution in [0.15, 0.2) is 6.07 Å². The molecular weight excluding hydrogens is 212 g/mol. The van der Waals surface area contributed by atoms with E-state index in [4.69, 9.17) is 4.74 Å². The Morgan fingerprint density at radius 2 is 1.94 bits per heavy atom. The van der Waals surface area contributed by atoms with E-state index < -0.39 is 5.60 Å². The summed E-state index contributed by atoms with van der Waals surface area (Å²) in [6, 6.07) is 2.19. The minimum Gasteiger partial charge on any atom is -0.479 e. The smallest absolute Gasteiger partial charge is 0.209 e. The predicted octanol–water partition coefficient (Wildman–Crippen LogP) is 3.53. The Bertz CT molecular complexity index is 522. The van der Waals surface area contributed by atoms with Crippen LogP contribution in [0.4, 0.5) is 0 Å². The zero-order chi connectivity index (χ0) is 12.4. The molecule has 0 saturated heterocycles. The van der Waals surface area contributed by atoms with Gasteiger partial charge < -0.3 is 4.74 Å². The van der Waals surface area contributed by atoms with Crippen LogP contribution in [0.2, 0.25) is 0 Å². The molecule has 0 aromatic heterocycles. The lowest BCUT2D eigenvalue weighted by Gasteiger charge is -2.16. The molecule has 1 aromatic carbocycles. The van der Waals surface area contributed by atoms with Crippen molar-refractivity contribution in [1.82, 2.24) is 0 Å². The third-order valence-corrected chi connectivity index (χ3v) is 3.97. The molecule has 3 rings (SSSR count). The van der Waals surface area contributed by atoms with Crippen molar-refractivity contribution in [3.8, 4) is 5.75 Å². The molecule has 0 spiro atoms. The Kier molecular flexibility index (Phi) is 1.99. The highest BCUT2D eigenvalue weighted by molar-refractivity contribution is 6.08. The van der Waals surface area contributed by atoms with Crippen LogP contribution >= 0.6 is 0 Å². The number of benzene rings is 1. The maximum Gasteiger partial charge on any atom is 0.209 e. The zero-order valence-corrected chi connectivity index (χ0v) is 10.9. The second-order valence-electron chi connectivity index (χ2n) is 5.83. The second-order valence-corrected chi connectivity index (χ2v) is 5.83. The molecule has 1 aliphatic heterocycles. The molecule has 1 fully saturated rings. The quantitative estimate of drug-likeness (QED) is 0.737. The third kappa shape index (κ3) is 1.43. The van der Waals surface area contributed by atoms with E-state index in [1.807, 2.05) is 20.8 Å². The largest absolute Gasteiger partial charge is 0.479 e. The molecule has 90 valence electrons. The normalized spacial score (nSPS) is 21.3. The average Bonchev–Trinajstić information content (AvgIpc) is 3.03. The highest BCUT2D eigenvalue weighted by Crippen LogP contribution is 2.49. The van der Waals surface area contributed by atoms with E-state index in [0.29, 0.717) is 5.92 Å². The molecular formula is C15H18O2. The molecule has 2 nitrogen and oxygen atoms in total. The number of ether oxygens (including phenoxy) is 1. The van der Waals surface area contributed by atoms with Crippen molar-refractivity contribution in [3.05, 3.63) is 28.3 Å². The number of carbonyl (C=O) groups is 1. The zero-order valence-electron chi connectivity index (χ0n) is 10.9. The summed E-state index contributed by atoms with van der Waals surface area (Å²) in [6.07, 6.45) is 2.42. The van der Waals surface area contributed by atoms with Gasteiger partial charge in [-0.2, -0.15) is 0 Å². The highest BCUT2D eigenvalue weighted by Gasteiger charge is 2.44. The van der Waals surface area contributed by atoms with E-state index in [1.165, 1.54) is 24.0 Å². The topological polar surface area (TPSA) is 26.3 Å². The molecule has 2 aliphatic rings. The van der Waals surface area contributed by atoms with Crippen LogP contribution in [-0.4, -0.2) is 11.4 Å². The summed E-state index contributed by atoms with van der Waals surface area (Å²) >= 11 is 0. The van der Waals surface area contributed by atoms with Crippen LogP contribution in [-0.2, 0) is 0 Å². The van der Waals surface area contributed by atoms with E-state index in [-0.39, 0.29) is 5.78 Å². The molecule has 1 aliphatic carbocycles. The molecule has 1 heterocycles. The Morgan fingerprint density at radius 1 is 1.29 bits per heavy atom. The summed E-state index contributed by atoms with van der Waals surface area (Å²) in [5.74, 6) is 1.57. The molecule has 0 N–H and O–H groups in total. The standard InChI is InChI=1S/C15H18O2/c1-8-7-11(10-5-6-10)12-13(9(8)2)17-15(3,4)14(12)16/h7,10H,5-6H2,1-4H3. The van der Waals surface area contributed by atoms with Crippen molar-refractivity contribution in [2.45, 2.75) is 52.1 Å². The van der Waals surface area contributed by atoms with Gasteiger partial charge in [0.25, 0.3) is 0 Å². The lowest BCUT2D eigenvalue weighted by molar-refractivity contribution is 0.0682. The van der Waals surface area contributed by atoms with E-state index in [9.17, 15) is 4.79 Å². The molecule has 0 radical (unpaired) electrons. The van der Waals surface area contributed by atoms with Gasteiger partial charge in [-0.1, -0.05) is 6.07 Å². The number of hydrogen-bond acceptors (Lipinski definition) is 2. The maximum atomic E-state index is 12.4. The van der Waals surface area contributed by atoms with Gasteiger partial charge in [-0.05, 0) is 63.1 Å². The van der Waals surface area contributed by atoms with Crippen molar-refractivity contribution in [1.29, 1.82) is 0 Å². The first kappa shape index (κ1) is 10.8. The second kappa shape index (κ2) is 3.12. The number of hydrogen-bond donors (Lipinski definition) is 0. The molecule has 0 atom stereocenters. The van der Waals surface area contributed by atoms with Gasteiger partial charge in [0, 0.05) is 0 Å². The number of Topliss-reactive ketones (excluding diaryl/α,β-unsaturated/α-hetero) is 1. The van der Waals surface area contributed by atoms with Gasteiger partial charge in [0.1, 0.15) is 5.75 Å². The summed E-state index contributed by atoms with van der Waals surface area (Å²) in [7, 11) is 0. The molecule has 17 heavy (non-hydrogen) atoms. The number of fused-ring (bicyclic) bond motifs is 1. The summed E-state index contributed by atoms with van der Waals surface area (Å²) in [5, 5.41) is 0. The monoisotopic (exact) mass is 230 g/mol. The van der Waals surface area contributed by atoms with Crippen molar-refractivity contribution in [2.24, 2.45) is 0 Å². The fraction of sp³-hybridized carbons (Fsp3) is 0.533. The van der Waals surface area contributed by atoms with Crippen LogP contribution in [0.5, 0.6) is 5.75 Å².